The van der Waals surface area contributed by atoms with Crippen LogP contribution in [0.5, 0.6) is 5.75 Å². The van der Waals surface area contributed by atoms with Crippen LogP contribution in [0.2, 0.25) is 0 Å². The number of rotatable bonds is 7. The smallest absolute Gasteiger partial charge is 0.224 e. The Hall–Kier alpha value is -2.92. The van der Waals surface area contributed by atoms with Crippen LogP contribution in [-0.4, -0.2) is 37.0 Å². The number of fused-ring (bicyclic) bond motifs is 1. The minimum absolute atomic E-state index is 0.0169. The molecule has 4 rings (SSSR count). The zero-order valence-corrected chi connectivity index (χ0v) is 17.0. The Kier molecular flexibility index (Phi) is 6.60. The molecule has 1 amide bonds. The van der Waals surface area contributed by atoms with Gasteiger partial charge in [0.25, 0.3) is 0 Å². The summed E-state index contributed by atoms with van der Waals surface area (Å²) in [5, 5.41) is 5.24. The van der Waals surface area contributed by atoms with E-state index < -0.39 is 0 Å². The highest BCUT2D eigenvalue weighted by Crippen LogP contribution is 2.25. The molecule has 3 aromatic rings. The number of nitrogens with one attached hydrogen (secondary N) is 1. The molecular formula is C25H27FN2O2. The molecule has 1 aliphatic rings. The van der Waals surface area contributed by atoms with Crippen molar-refractivity contribution in [3.05, 3.63) is 78.1 Å². The van der Waals surface area contributed by atoms with Crippen molar-refractivity contribution in [2.75, 3.05) is 26.2 Å². The van der Waals surface area contributed by atoms with Gasteiger partial charge in [-0.25, -0.2) is 4.39 Å². The number of benzene rings is 3. The quantitative estimate of drug-likeness (QED) is 0.592. The van der Waals surface area contributed by atoms with Gasteiger partial charge in [0.15, 0.2) is 0 Å². The Bertz CT molecular complexity index is 985. The number of nitrogens with zero attached hydrogens (tertiary/aromatic N) is 1. The number of hydrogen-bond donors (Lipinski definition) is 1. The minimum Gasteiger partial charge on any atom is -0.491 e. The van der Waals surface area contributed by atoms with Gasteiger partial charge in [-0.15, -0.1) is 0 Å². The van der Waals surface area contributed by atoms with Crippen molar-refractivity contribution in [1.29, 1.82) is 0 Å². The molecule has 0 aromatic heterocycles. The van der Waals surface area contributed by atoms with Gasteiger partial charge in [0.2, 0.25) is 5.91 Å². The van der Waals surface area contributed by atoms with Crippen molar-refractivity contribution in [3.8, 4) is 5.75 Å². The summed E-state index contributed by atoms with van der Waals surface area (Å²) in [7, 11) is 0. The van der Waals surface area contributed by atoms with E-state index in [9.17, 15) is 9.18 Å². The zero-order chi connectivity index (χ0) is 20.8. The maximum Gasteiger partial charge on any atom is 0.224 e. The summed E-state index contributed by atoms with van der Waals surface area (Å²) >= 11 is 0. The van der Waals surface area contributed by atoms with Crippen LogP contribution < -0.4 is 10.1 Å². The molecule has 0 bridgehead atoms. The minimum atomic E-state index is -0.222. The Balaban J connectivity index is 1.24. The highest BCUT2D eigenvalue weighted by Gasteiger charge is 2.25. The van der Waals surface area contributed by atoms with Crippen LogP contribution in [0.25, 0.3) is 10.8 Å². The maximum atomic E-state index is 13.1. The molecular weight excluding hydrogens is 379 g/mol. The summed E-state index contributed by atoms with van der Waals surface area (Å²) in [6, 6.07) is 20.7. The van der Waals surface area contributed by atoms with Gasteiger partial charge in [-0.3, -0.25) is 9.69 Å². The number of carbonyl (C=O) groups is 1. The van der Waals surface area contributed by atoms with E-state index in [1.165, 1.54) is 12.1 Å². The van der Waals surface area contributed by atoms with Crippen molar-refractivity contribution in [1.82, 2.24) is 10.2 Å². The second-order valence-corrected chi connectivity index (χ2v) is 7.82. The molecule has 0 aliphatic carbocycles. The van der Waals surface area contributed by atoms with Gasteiger partial charge in [-0.1, -0.05) is 48.5 Å². The van der Waals surface area contributed by atoms with E-state index in [1.807, 2.05) is 42.5 Å². The Morgan fingerprint density at radius 1 is 1.07 bits per heavy atom. The molecule has 0 saturated carbocycles. The van der Waals surface area contributed by atoms with Gasteiger partial charge in [0, 0.05) is 18.5 Å². The van der Waals surface area contributed by atoms with E-state index in [2.05, 4.69) is 22.3 Å². The van der Waals surface area contributed by atoms with Gasteiger partial charge < -0.3 is 10.1 Å². The molecule has 0 radical (unpaired) electrons. The lowest BCUT2D eigenvalue weighted by Crippen LogP contribution is -2.43. The lowest BCUT2D eigenvalue weighted by atomic mass is 9.96. The molecule has 1 N–H and O–H groups in total. The fourth-order valence-electron chi connectivity index (χ4n) is 4.06. The number of piperidine rings is 1. The van der Waals surface area contributed by atoms with Gasteiger partial charge in [-0.2, -0.15) is 0 Å². The molecule has 0 unspecified atom stereocenters. The molecule has 1 saturated heterocycles. The van der Waals surface area contributed by atoms with Crippen LogP contribution in [-0.2, 0) is 11.3 Å². The zero-order valence-electron chi connectivity index (χ0n) is 17.0. The fourth-order valence-corrected chi connectivity index (χ4v) is 4.06. The van der Waals surface area contributed by atoms with E-state index in [4.69, 9.17) is 4.74 Å². The van der Waals surface area contributed by atoms with E-state index in [0.717, 1.165) is 54.6 Å². The molecule has 3 aromatic carbocycles. The third-order valence-corrected chi connectivity index (χ3v) is 5.60. The second-order valence-electron chi connectivity index (χ2n) is 7.82. The molecule has 5 heteroatoms. The predicted molar refractivity (Wildman–Crippen MR) is 117 cm³/mol. The third kappa shape index (κ3) is 5.16. The Morgan fingerprint density at radius 2 is 1.87 bits per heavy atom. The number of ether oxygens (including phenoxy) is 1. The number of hydrogen-bond acceptors (Lipinski definition) is 3. The summed E-state index contributed by atoms with van der Waals surface area (Å²) in [6.45, 7) is 3.36. The fraction of sp³-hybridized carbons (Fsp3) is 0.320. The molecule has 156 valence electrons. The summed E-state index contributed by atoms with van der Waals surface area (Å²) in [4.78, 5) is 14.9. The number of halogens is 1. The topological polar surface area (TPSA) is 41.6 Å². The second kappa shape index (κ2) is 9.72. The highest BCUT2D eigenvalue weighted by atomic mass is 19.1. The molecule has 0 spiro atoms. The standard InChI is InChI=1S/C25H27FN2O2/c26-22-12-10-19(11-13-22)17-28-15-4-7-21(18-28)25(29)27-14-16-30-24-9-3-6-20-5-1-2-8-23(20)24/h1-3,5-6,8-13,21H,4,7,14-18H2,(H,27,29)/t21-/m1/s1. The first-order valence-electron chi connectivity index (χ1n) is 10.5. The van der Waals surface area contributed by atoms with Crippen LogP contribution in [0, 0.1) is 11.7 Å². The monoisotopic (exact) mass is 406 g/mol. The summed E-state index contributed by atoms with van der Waals surface area (Å²) < 4.78 is 19.0. The van der Waals surface area contributed by atoms with Crippen molar-refractivity contribution in [2.45, 2.75) is 19.4 Å². The lowest BCUT2D eigenvalue weighted by Gasteiger charge is -2.32. The highest BCUT2D eigenvalue weighted by molar-refractivity contribution is 5.88. The first-order valence-corrected chi connectivity index (χ1v) is 10.5. The molecule has 4 nitrogen and oxygen atoms in total. The van der Waals surface area contributed by atoms with Crippen molar-refractivity contribution in [3.63, 3.8) is 0 Å². The van der Waals surface area contributed by atoms with E-state index in [-0.39, 0.29) is 17.6 Å². The maximum absolute atomic E-state index is 13.1. The van der Waals surface area contributed by atoms with E-state index in [1.54, 1.807) is 0 Å². The van der Waals surface area contributed by atoms with E-state index >= 15 is 0 Å². The van der Waals surface area contributed by atoms with Gasteiger partial charge in [0.1, 0.15) is 18.2 Å². The van der Waals surface area contributed by atoms with Crippen molar-refractivity contribution in [2.24, 2.45) is 5.92 Å². The average Bonchev–Trinajstić information content (AvgIpc) is 2.78. The van der Waals surface area contributed by atoms with Crippen LogP contribution in [0.3, 0.4) is 0 Å². The molecule has 1 atom stereocenters. The Labute approximate surface area is 176 Å². The molecule has 1 aliphatic heterocycles. The van der Waals surface area contributed by atoms with Crippen LogP contribution in [0.1, 0.15) is 18.4 Å². The van der Waals surface area contributed by atoms with Gasteiger partial charge in [-0.05, 0) is 48.5 Å². The van der Waals surface area contributed by atoms with Crippen molar-refractivity contribution < 1.29 is 13.9 Å². The first-order chi connectivity index (χ1) is 14.7. The SMILES string of the molecule is O=C(NCCOc1cccc2ccccc12)[C@@H]1CCCN(Cc2ccc(F)cc2)C1. The summed E-state index contributed by atoms with van der Waals surface area (Å²) in [6.07, 6.45) is 1.89. The van der Waals surface area contributed by atoms with Crippen LogP contribution >= 0.6 is 0 Å². The third-order valence-electron chi connectivity index (χ3n) is 5.60. The van der Waals surface area contributed by atoms with Crippen molar-refractivity contribution >= 4 is 16.7 Å². The van der Waals surface area contributed by atoms with Crippen LogP contribution in [0.4, 0.5) is 4.39 Å². The number of amides is 1. The summed E-state index contributed by atoms with van der Waals surface area (Å²) in [5.74, 6) is 0.683. The van der Waals surface area contributed by atoms with Gasteiger partial charge >= 0.3 is 0 Å². The normalized spacial score (nSPS) is 17.0. The van der Waals surface area contributed by atoms with E-state index in [0.29, 0.717) is 13.2 Å². The first kappa shape index (κ1) is 20.4. The molecule has 1 fully saturated rings. The number of likely N-dealkylation sites (tertiary alicyclic amines) is 1. The molecule has 30 heavy (non-hydrogen) atoms. The van der Waals surface area contributed by atoms with Gasteiger partial charge in [0.05, 0.1) is 12.5 Å². The summed E-state index contributed by atoms with van der Waals surface area (Å²) in [5.41, 5.74) is 1.07. The lowest BCUT2D eigenvalue weighted by molar-refractivity contribution is -0.126. The molecule has 1 heterocycles. The average molecular weight is 407 g/mol. The Morgan fingerprint density at radius 3 is 2.73 bits per heavy atom. The van der Waals surface area contributed by atoms with Crippen LogP contribution in [0.15, 0.2) is 66.7 Å². The predicted octanol–water partition coefficient (Wildman–Crippen LogP) is 4.39. The number of carbonyl (C=O) groups excluding carboxylic acids is 1. The largest absolute Gasteiger partial charge is 0.491 e.